The van der Waals surface area contributed by atoms with E-state index in [-0.39, 0.29) is 5.91 Å². The van der Waals surface area contributed by atoms with Gasteiger partial charge in [-0.05, 0) is 36.3 Å². The fourth-order valence-corrected chi connectivity index (χ4v) is 1.88. The Morgan fingerprint density at radius 1 is 1.00 bits per heavy atom. The molecule has 0 saturated heterocycles. The van der Waals surface area contributed by atoms with E-state index in [0.717, 1.165) is 11.1 Å². The molecule has 1 amide bonds. The van der Waals surface area contributed by atoms with Gasteiger partial charge in [-0.3, -0.25) is 4.79 Å². The highest BCUT2D eigenvalue weighted by Crippen LogP contribution is 2.05. The number of rotatable bonds is 5. The molecule has 5 nitrogen and oxygen atoms in total. The predicted octanol–water partition coefficient (Wildman–Crippen LogP) is 2.95. The van der Waals surface area contributed by atoms with Crippen molar-refractivity contribution in [2.24, 2.45) is 5.10 Å². The number of carbonyl (C=O) groups excluding carboxylic acids is 2. The first kappa shape index (κ1) is 17.1. The van der Waals surface area contributed by atoms with Crippen molar-refractivity contribution in [2.75, 3.05) is 7.11 Å². The number of nitrogens with zero attached hydrogens (tertiary/aromatic N) is 1. The van der Waals surface area contributed by atoms with E-state index >= 15 is 0 Å². The van der Waals surface area contributed by atoms with E-state index in [0.29, 0.717) is 5.56 Å². The third-order valence-electron chi connectivity index (χ3n) is 3.22. The van der Waals surface area contributed by atoms with Gasteiger partial charge in [-0.15, -0.1) is 0 Å². The monoisotopic (exact) mass is 322 g/mol. The summed E-state index contributed by atoms with van der Waals surface area (Å²) in [5, 5.41) is 3.87. The van der Waals surface area contributed by atoms with Crippen LogP contribution in [0.1, 0.15) is 27.0 Å². The smallest absolute Gasteiger partial charge is 0.337 e. The van der Waals surface area contributed by atoms with E-state index in [1.54, 1.807) is 30.3 Å². The van der Waals surface area contributed by atoms with Gasteiger partial charge in [0.05, 0.1) is 18.9 Å². The first-order valence-electron chi connectivity index (χ1n) is 7.34. The summed E-state index contributed by atoms with van der Waals surface area (Å²) >= 11 is 0. The Morgan fingerprint density at radius 3 is 2.25 bits per heavy atom. The predicted molar refractivity (Wildman–Crippen MR) is 93.7 cm³/mol. The summed E-state index contributed by atoms with van der Waals surface area (Å²) in [5.41, 5.74) is 5.74. The Bertz CT molecular complexity index is 760. The molecule has 0 bridgehead atoms. The maximum absolute atomic E-state index is 11.7. The minimum absolute atomic E-state index is 0.321. The molecule has 0 atom stereocenters. The maximum Gasteiger partial charge on any atom is 0.337 e. The number of ether oxygens (including phenoxy) is 1. The van der Waals surface area contributed by atoms with Gasteiger partial charge >= 0.3 is 5.97 Å². The Morgan fingerprint density at radius 2 is 1.62 bits per heavy atom. The van der Waals surface area contributed by atoms with Crippen molar-refractivity contribution >= 4 is 24.2 Å². The molecule has 0 aliphatic heterocycles. The molecule has 2 aromatic carbocycles. The van der Waals surface area contributed by atoms with Gasteiger partial charge in [0, 0.05) is 6.08 Å². The number of methoxy groups -OCH3 is 1. The second kappa shape index (κ2) is 8.43. The van der Waals surface area contributed by atoms with Gasteiger partial charge in [0.25, 0.3) is 5.91 Å². The van der Waals surface area contributed by atoms with Crippen LogP contribution in [0.5, 0.6) is 0 Å². The van der Waals surface area contributed by atoms with E-state index in [1.807, 2.05) is 31.2 Å². The average molecular weight is 322 g/mol. The summed E-state index contributed by atoms with van der Waals surface area (Å²) in [4.78, 5) is 23.0. The average Bonchev–Trinajstić information content (AvgIpc) is 2.61. The highest BCUT2D eigenvalue weighted by molar-refractivity contribution is 5.93. The lowest BCUT2D eigenvalue weighted by Crippen LogP contribution is -2.14. The van der Waals surface area contributed by atoms with Crippen LogP contribution < -0.4 is 5.43 Å². The molecule has 0 aliphatic carbocycles. The molecular weight excluding hydrogens is 304 g/mol. The quantitative estimate of drug-likeness (QED) is 0.398. The van der Waals surface area contributed by atoms with Crippen LogP contribution in [-0.4, -0.2) is 25.2 Å². The van der Waals surface area contributed by atoms with Crippen molar-refractivity contribution < 1.29 is 14.3 Å². The maximum atomic E-state index is 11.7. The van der Waals surface area contributed by atoms with Crippen LogP contribution in [0.25, 0.3) is 6.08 Å². The first-order valence-corrected chi connectivity index (χ1v) is 7.34. The van der Waals surface area contributed by atoms with Gasteiger partial charge in [0.15, 0.2) is 0 Å². The van der Waals surface area contributed by atoms with E-state index in [2.05, 4.69) is 15.3 Å². The molecule has 0 heterocycles. The van der Waals surface area contributed by atoms with Gasteiger partial charge < -0.3 is 4.74 Å². The molecule has 0 aromatic heterocycles. The van der Waals surface area contributed by atoms with E-state index in [4.69, 9.17) is 0 Å². The SMILES string of the molecule is COC(=O)c1ccc(/C=N\NC(=O)/C=C/c2ccc(C)cc2)cc1. The third-order valence-corrected chi connectivity index (χ3v) is 3.22. The number of hydrogen-bond donors (Lipinski definition) is 1. The number of hydrazone groups is 1. The van der Waals surface area contributed by atoms with Gasteiger partial charge in [-0.25, -0.2) is 10.2 Å². The molecule has 122 valence electrons. The van der Waals surface area contributed by atoms with Crippen molar-refractivity contribution in [1.29, 1.82) is 0 Å². The number of aryl methyl sites for hydroxylation is 1. The minimum atomic E-state index is -0.395. The highest BCUT2D eigenvalue weighted by Gasteiger charge is 2.03. The molecule has 0 saturated carbocycles. The zero-order valence-corrected chi connectivity index (χ0v) is 13.5. The first-order chi connectivity index (χ1) is 11.6. The summed E-state index contributed by atoms with van der Waals surface area (Å²) in [5.74, 6) is -0.717. The molecular formula is C19H18N2O3. The number of nitrogens with one attached hydrogen (secondary N) is 1. The van der Waals surface area contributed by atoms with Crippen molar-refractivity contribution in [2.45, 2.75) is 6.92 Å². The molecule has 0 spiro atoms. The Kier molecular flexibility index (Phi) is 6.02. The van der Waals surface area contributed by atoms with Gasteiger partial charge in [0.2, 0.25) is 0 Å². The molecule has 1 N–H and O–H groups in total. The number of esters is 1. The fraction of sp³-hybridized carbons (Fsp3) is 0.105. The van der Waals surface area contributed by atoms with Crippen molar-refractivity contribution in [1.82, 2.24) is 5.43 Å². The Hall–Kier alpha value is -3.21. The largest absolute Gasteiger partial charge is 0.465 e. The van der Waals surface area contributed by atoms with Gasteiger partial charge in [-0.2, -0.15) is 5.10 Å². The number of carbonyl (C=O) groups is 2. The standard InChI is InChI=1S/C19H18N2O3/c1-14-3-5-15(6-4-14)9-12-18(22)21-20-13-16-7-10-17(11-8-16)19(23)24-2/h3-13H,1-2H3,(H,21,22)/b12-9+,20-13-. The summed E-state index contributed by atoms with van der Waals surface area (Å²) in [7, 11) is 1.33. The fourth-order valence-electron chi connectivity index (χ4n) is 1.88. The molecule has 24 heavy (non-hydrogen) atoms. The lowest BCUT2D eigenvalue weighted by atomic mass is 10.1. The molecule has 2 rings (SSSR count). The zero-order chi connectivity index (χ0) is 17.4. The van der Waals surface area contributed by atoms with Crippen LogP contribution in [0.4, 0.5) is 0 Å². The van der Waals surface area contributed by atoms with E-state index < -0.39 is 5.97 Å². The number of benzene rings is 2. The molecule has 2 aromatic rings. The van der Waals surface area contributed by atoms with Crippen LogP contribution in [-0.2, 0) is 9.53 Å². The van der Waals surface area contributed by atoms with Gasteiger partial charge in [0.1, 0.15) is 0 Å². The Balaban J connectivity index is 1.87. The minimum Gasteiger partial charge on any atom is -0.465 e. The molecule has 5 heteroatoms. The lowest BCUT2D eigenvalue weighted by molar-refractivity contribution is -0.116. The van der Waals surface area contributed by atoms with Crippen LogP contribution in [0.2, 0.25) is 0 Å². The number of amides is 1. The molecule has 0 unspecified atom stereocenters. The van der Waals surface area contributed by atoms with Crippen LogP contribution in [0.15, 0.2) is 59.7 Å². The highest BCUT2D eigenvalue weighted by atomic mass is 16.5. The molecule has 0 fully saturated rings. The van der Waals surface area contributed by atoms with Crippen LogP contribution >= 0.6 is 0 Å². The number of hydrogen-bond acceptors (Lipinski definition) is 4. The van der Waals surface area contributed by atoms with Gasteiger partial charge in [-0.1, -0.05) is 42.0 Å². The summed E-state index contributed by atoms with van der Waals surface area (Å²) in [6.45, 7) is 2.01. The normalized spacial score (nSPS) is 10.9. The van der Waals surface area contributed by atoms with Crippen molar-refractivity contribution in [3.63, 3.8) is 0 Å². The van der Waals surface area contributed by atoms with Crippen molar-refractivity contribution in [3.05, 3.63) is 76.9 Å². The lowest BCUT2D eigenvalue weighted by Gasteiger charge is -1.99. The topological polar surface area (TPSA) is 67.8 Å². The molecule has 0 radical (unpaired) electrons. The zero-order valence-electron chi connectivity index (χ0n) is 13.5. The summed E-state index contributed by atoms with van der Waals surface area (Å²) < 4.78 is 4.62. The van der Waals surface area contributed by atoms with Crippen molar-refractivity contribution in [3.8, 4) is 0 Å². The second-order valence-corrected chi connectivity index (χ2v) is 5.09. The molecule has 0 aliphatic rings. The summed E-state index contributed by atoms with van der Waals surface area (Å²) in [6.07, 6.45) is 4.64. The van der Waals surface area contributed by atoms with E-state index in [1.165, 1.54) is 25.0 Å². The summed E-state index contributed by atoms with van der Waals surface area (Å²) in [6, 6.07) is 14.5. The van der Waals surface area contributed by atoms with E-state index in [9.17, 15) is 9.59 Å². The van der Waals surface area contributed by atoms with Crippen LogP contribution in [0, 0.1) is 6.92 Å². The third kappa shape index (κ3) is 5.21. The van der Waals surface area contributed by atoms with Crippen LogP contribution in [0.3, 0.4) is 0 Å². The Labute approximate surface area is 140 Å². The second-order valence-electron chi connectivity index (χ2n) is 5.09.